The zero-order valence-electron chi connectivity index (χ0n) is 16.5. The molecule has 1 atom stereocenters. The minimum atomic E-state index is -5.20. The summed E-state index contributed by atoms with van der Waals surface area (Å²) < 4.78 is 64.6. The number of aliphatic hydroxyl groups is 1. The molecule has 0 saturated carbocycles. The van der Waals surface area contributed by atoms with Crippen LogP contribution in [0.1, 0.15) is 22.5 Å². The van der Waals surface area contributed by atoms with Crippen molar-refractivity contribution in [3.05, 3.63) is 64.0 Å². The highest BCUT2D eigenvalue weighted by Crippen LogP contribution is 2.43. The molecule has 0 bridgehead atoms. The third-order valence-corrected chi connectivity index (χ3v) is 6.51. The quantitative estimate of drug-likeness (QED) is 0.226. The van der Waals surface area contributed by atoms with Gasteiger partial charge in [-0.1, -0.05) is 12.1 Å². The fourth-order valence-corrected chi connectivity index (χ4v) is 4.46. The van der Waals surface area contributed by atoms with Crippen molar-refractivity contribution in [3.8, 4) is 0 Å². The van der Waals surface area contributed by atoms with E-state index in [2.05, 4.69) is 20.4 Å². The molecule has 2 aromatic rings. The van der Waals surface area contributed by atoms with Crippen LogP contribution in [0, 0.1) is 0 Å². The Bertz CT molecular complexity index is 1490. The summed E-state index contributed by atoms with van der Waals surface area (Å²) in [6, 6.07) is 4.01. The number of hydrogen-bond donors (Lipinski definition) is 6. The van der Waals surface area contributed by atoms with E-state index in [0.717, 1.165) is 36.5 Å². The third-order valence-electron chi connectivity index (χ3n) is 4.67. The molecule has 15 nitrogen and oxygen atoms in total. The largest absolute Gasteiger partial charge is 0.507 e. The Morgan fingerprint density at radius 1 is 1.00 bits per heavy atom. The molecule has 1 unspecified atom stereocenters. The number of benzene rings is 1. The molecule has 1 heterocycles. The molecule has 6 N–H and O–H groups in total. The number of aromatic nitrogens is 2. The van der Waals surface area contributed by atoms with Crippen LogP contribution in [0.3, 0.4) is 0 Å². The molecule has 0 saturated heterocycles. The van der Waals surface area contributed by atoms with Crippen LogP contribution in [0.4, 0.5) is 5.69 Å². The molecule has 34 heavy (non-hydrogen) atoms. The van der Waals surface area contributed by atoms with Crippen LogP contribution in [0.5, 0.6) is 0 Å². The van der Waals surface area contributed by atoms with E-state index in [-0.39, 0.29) is 11.3 Å². The van der Waals surface area contributed by atoms with Gasteiger partial charge in [0.2, 0.25) is 0 Å². The van der Waals surface area contributed by atoms with Crippen LogP contribution in [0.25, 0.3) is 0 Å². The summed E-state index contributed by atoms with van der Waals surface area (Å²) in [4.78, 5) is 21.2. The molecule has 1 aromatic heterocycles. The van der Waals surface area contributed by atoms with Crippen molar-refractivity contribution < 1.29 is 50.8 Å². The summed E-state index contributed by atoms with van der Waals surface area (Å²) in [5, 5.41) is 42.4. The van der Waals surface area contributed by atoms with E-state index >= 15 is 0 Å². The number of rotatable bonds is 7. The number of aromatic carboxylic acids is 1. The van der Waals surface area contributed by atoms with Gasteiger partial charge in [0.05, 0.1) is 16.7 Å². The zero-order valence-corrected chi connectivity index (χ0v) is 18.1. The second-order valence-corrected chi connectivity index (χ2v) is 9.63. The van der Waals surface area contributed by atoms with Crippen molar-refractivity contribution in [2.45, 2.75) is 16.9 Å². The van der Waals surface area contributed by atoms with Crippen LogP contribution < -0.4 is 0 Å². The fraction of sp³-hybridized carbons (Fsp3) is 0.118. The first-order valence-corrected chi connectivity index (χ1v) is 11.7. The van der Waals surface area contributed by atoms with Crippen molar-refractivity contribution in [3.63, 3.8) is 0 Å². The Hall–Kier alpha value is -3.93. The van der Waals surface area contributed by atoms with Gasteiger partial charge in [-0.15, -0.1) is 0 Å². The van der Waals surface area contributed by atoms with Gasteiger partial charge in [-0.05, 0) is 23.8 Å². The molecule has 180 valence electrons. The lowest BCUT2D eigenvalue weighted by Crippen LogP contribution is -2.30. The van der Waals surface area contributed by atoms with E-state index in [1.807, 2.05) is 0 Å². The van der Waals surface area contributed by atoms with Gasteiger partial charge in [0.25, 0.3) is 20.2 Å². The van der Waals surface area contributed by atoms with E-state index < -0.39 is 71.0 Å². The maximum atomic E-state index is 11.8. The molecular weight excluding hydrogens is 500 g/mol. The van der Waals surface area contributed by atoms with Crippen LogP contribution >= 0.6 is 0 Å². The summed E-state index contributed by atoms with van der Waals surface area (Å²) >= 11 is 0. The topological polar surface area (TPSA) is 257 Å². The molecule has 1 aromatic carbocycles. The summed E-state index contributed by atoms with van der Waals surface area (Å²) in [5.41, 5.74) is -3.83. The lowest BCUT2D eigenvalue weighted by atomic mass is 9.80. The average Bonchev–Trinajstić information content (AvgIpc) is 3.19. The first kappa shape index (κ1) is 24.7. The van der Waals surface area contributed by atoms with Crippen LogP contribution in [0.2, 0.25) is 0 Å². The summed E-state index contributed by atoms with van der Waals surface area (Å²) in [5.74, 6) is -4.50. The van der Waals surface area contributed by atoms with Crippen molar-refractivity contribution in [1.29, 1.82) is 0 Å². The van der Waals surface area contributed by atoms with Gasteiger partial charge in [-0.2, -0.15) is 32.2 Å². The normalized spacial score (nSPS) is 19.3. The predicted octanol–water partition coefficient (Wildman–Crippen LogP) is 1.41. The number of aliphatic hydroxyl groups excluding tert-OH is 1. The number of hydrogen-bond acceptors (Lipinski definition) is 10. The van der Waals surface area contributed by atoms with Gasteiger partial charge in [0.1, 0.15) is 21.9 Å². The Morgan fingerprint density at radius 3 is 2.12 bits per heavy atom. The maximum Gasteiger partial charge on any atom is 0.356 e. The molecule has 0 fully saturated rings. The highest BCUT2D eigenvalue weighted by atomic mass is 32.2. The number of azo groups is 1. The van der Waals surface area contributed by atoms with Gasteiger partial charge >= 0.3 is 11.9 Å². The van der Waals surface area contributed by atoms with Gasteiger partial charge in [-0.3, -0.25) is 14.2 Å². The predicted molar refractivity (Wildman–Crippen MR) is 110 cm³/mol. The average molecular weight is 514 g/mol. The Kier molecular flexibility index (Phi) is 6.14. The molecule has 1 aliphatic carbocycles. The van der Waals surface area contributed by atoms with Crippen molar-refractivity contribution in [2.24, 2.45) is 10.2 Å². The Morgan fingerprint density at radius 2 is 1.62 bits per heavy atom. The Balaban J connectivity index is 2.27. The van der Waals surface area contributed by atoms with Gasteiger partial charge in [0, 0.05) is 6.42 Å². The summed E-state index contributed by atoms with van der Waals surface area (Å²) in [7, 11) is -9.81. The number of carboxylic acids is 2. The molecule has 0 amide bonds. The molecule has 1 aliphatic rings. The first-order valence-electron chi connectivity index (χ1n) is 8.79. The molecule has 0 aliphatic heterocycles. The number of carboxylic acid groups (broad SMARTS) is 2. The number of aromatic amines is 1. The van der Waals surface area contributed by atoms with Crippen LogP contribution in [-0.2, 0) is 30.6 Å². The van der Waals surface area contributed by atoms with Gasteiger partial charge in [0.15, 0.2) is 5.69 Å². The van der Waals surface area contributed by atoms with E-state index in [1.165, 1.54) is 0 Å². The van der Waals surface area contributed by atoms with E-state index in [1.54, 1.807) is 0 Å². The fourth-order valence-electron chi connectivity index (χ4n) is 3.19. The molecule has 17 heteroatoms. The van der Waals surface area contributed by atoms with Crippen LogP contribution in [0.15, 0.2) is 67.9 Å². The molecule has 0 radical (unpaired) electrons. The number of aliphatic carboxylic acids is 1. The highest BCUT2D eigenvalue weighted by molar-refractivity contribution is 7.90. The van der Waals surface area contributed by atoms with Gasteiger partial charge in [-0.25, -0.2) is 9.59 Å². The number of nitrogens with one attached hydrogen (secondary N) is 1. The Labute approximate surface area is 190 Å². The van der Waals surface area contributed by atoms with Crippen LogP contribution in [-0.4, -0.2) is 63.4 Å². The second-order valence-electron chi connectivity index (χ2n) is 6.85. The van der Waals surface area contributed by atoms with E-state index in [4.69, 9.17) is 0 Å². The lowest BCUT2D eigenvalue weighted by molar-refractivity contribution is -0.133. The van der Waals surface area contributed by atoms with Crippen molar-refractivity contribution >= 4 is 37.9 Å². The molecule has 0 spiro atoms. The SMILES string of the molecule is O=C(O)C1=C(S(=O)(=O)O)C(O)=CC(N=Nc2cn[nH]c2C(=O)O)(c2ccc(S(=O)(=O)O)cc2)C1. The van der Waals surface area contributed by atoms with Crippen molar-refractivity contribution in [1.82, 2.24) is 10.2 Å². The second kappa shape index (κ2) is 8.45. The minimum Gasteiger partial charge on any atom is -0.507 e. The molecular formula is C17H14N4O11S2. The smallest absolute Gasteiger partial charge is 0.356 e. The summed E-state index contributed by atoms with van der Waals surface area (Å²) in [6.45, 7) is 0. The van der Waals surface area contributed by atoms with E-state index in [0.29, 0.717) is 0 Å². The number of nitrogens with zero attached hydrogens (tertiary/aromatic N) is 3. The third kappa shape index (κ3) is 4.71. The standard InChI is InChI=1S/C17H14N4O11S2/c22-12-6-17(5-10(15(23)24)14(12)34(30,31)32,8-1-3-9(4-2-8)33(27,28)29)21-19-11-7-18-20-13(11)16(25)26/h1-4,6-7,22H,5H2,(H,18,20)(H,23,24)(H,25,26)(H,27,28,29)(H,30,31,32). The minimum absolute atomic E-state index is 0.0382. The lowest BCUT2D eigenvalue weighted by Gasteiger charge is -2.30. The number of carbonyl (C=O) groups is 2. The van der Waals surface area contributed by atoms with Gasteiger partial charge < -0.3 is 15.3 Å². The summed E-state index contributed by atoms with van der Waals surface area (Å²) in [6.07, 6.45) is 0.900. The van der Waals surface area contributed by atoms with Crippen molar-refractivity contribution in [2.75, 3.05) is 0 Å². The molecule has 3 rings (SSSR count). The first-order chi connectivity index (χ1) is 15.7. The zero-order chi connectivity index (χ0) is 25.5. The number of H-pyrrole nitrogens is 1. The van der Waals surface area contributed by atoms with E-state index in [9.17, 15) is 50.8 Å². The monoisotopic (exact) mass is 514 g/mol. The maximum absolute atomic E-state index is 11.8. The highest BCUT2D eigenvalue weighted by Gasteiger charge is 2.43.